The number of nitro groups is 1. The molecule has 9 nitrogen and oxygen atoms in total. The van der Waals surface area contributed by atoms with E-state index < -0.39 is 4.92 Å². The maximum Gasteiger partial charge on any atom is 0.269 e. The summed E-state index contributed by atoms with van der Waals surface area (Å²) in [7, 11) is 0. The molecule has 0 fully saturated rings. The lowest BCUT2D eigenvalue weighted by molar-refractivity contribution is -0.384. The van der Waals surface area contributed by atoms with Gasteiger partial charge in [-0.2, -0.15) is 0 Å². The summed E-state index contributed by atoms with van der Waals surface area (Å²) in [5, 5.41) is 15.1. The maximum absolute atomic E-state index is 12.5. The predicted molar refractivity (Wildman–Crippen MR) is 93.8 cm³/mol. The van der Waals surface area contributed by atoms with Gasteiger partial charge in [-0.25, -0.2) is 9.67 Å². The quantitative estimate of drug-likeness (QED) is 0.400. The van der Waals surface area contributed by atoms with E-state index in [1.165, 1.54) is 16.8 Å². The highest BCUT2D eigenvalue weighted by molar-refractivity contribution is 6.21. The van der Waals surface area contributed by atoms with Crippen LogP contribution in [0.25, 0.3) is 11.4 Å². The standard InChI is InChI=1S/C18H13N5O4/c1-11-19-16(12-6-8-13(9-7-12)23(26)27)20-22(11)10-21-17(24)14-4-2-3-5-15(14)18(21)25/h2-9H,10H2,1H3. The number of imide groups is 1. The molecule has 2 heterocycles. The lowest BCUT2D eigenvalue weighted by atomic mass is 10.1. The number of fused-ring (bicyclic) bond motifs is 1. The molecule has 1 aliphatic heterocycles. The number of benzene rings is 2. The summed E-state index contributed by atoms with van der Waals surface area (Å²) in [5.74, 6) is 0.128. The first kappa shape index (κ1) is 16.6. The Morgan fingerprint density at radius 2 is 1.59 bits per heavy atom. The minimum absolute atomic E-state index is 0.0269. The van der Waals surface area contributed by atoms with Crippen molar-refractivity contribution in [2.24, 2.45) is 0 Å². The van der Waals surface area contributed by atoms with Gasteiger partial charge in [-0.1, -0.05) is 12.1 Å². The van der Waals surface area contributed by atoms with Gasteiger partial charge in [-0.05, 0) is 31.2 Å². The number of non-ortho nitro benzene ring substituents is 1. The van der Waals surface area contributed by atoms with E-state index in [2.05, 4.69) is 10.1 Å². The fraction of sp³-hybridized carbons (Fsp3) is 0.111. The van der Waals surface area contributed by atoms with Gasteiger partial charge in [0.05, 0.1) is 16.1 Å². The van der Waals surface area contributed by atoms with Gasteiger partial charge in [-0.15, -0.1) is 5.10 Å². The molecule has 27 heavy (non-hydrogen) atoms. The van der Waals surface area contributed by atoms with Gasteiger partial charge in [0.25, 0.3) is 17.5 Å². The van der Waals surface area contributed by atoms with Crippen LogP contribution in [0.2, 0.25) is 0 Å². The Labute approximate surface area is 153 Å². The molecule has 0 radical (unpaired) electrons. The normalized spacial score (nSPS) is 13.1. The zero-order valence-electron chi connectivity index (χ0n) is 14.2. The molecule has 134 valence electrons. The average molecular weight is 363 g/mol. The molecule has 1 aliphatic rings. The number of hydrogen-bond donors (Lipinski definition) is 0. The average Bonchev–Trinajstić information content (AvgIpc) is 3.15. The molecule has 0 spiro atoms. The summed E-state index contributed by atoms with van der Waals surface area (Å²) in [6, 6.07) is 12.5. The number of carbonyl (C=O) groups excluding carboxylic acids is 2. The molecule has 0 saturated carbocycles. The van der Waals surface area contributed by atoms with E-state index in [0.29, 0.717) is 28.3 Å². The number of hydrogen-bond acceptors (Lipinski definition) is 6. The number of nitro benzene ring substituents is 1. The van der Waals surface area contributed by atoms with Gasteiger partial charge in [0.2, 0.25) is 0 Å². The molecule has 0 saturated heterocycles. The Balaban J connectivity index is 1.60. The Bertz CT molecular complexity index is 1050. The summed E-state index contributed by atoms with van der Waals surface area (Å²) in [4.78, 5) is 40.7. The number of aryl methyl sites for hydroxylation is 1. The predicted octanol–water partition coefficient (Wildman–Crippen LogP) is 2.42. The molecule has 0 atom stereocenters. The van der Waals surface area contributed by atoms with Crippen LogP contribution in [0.3, 0.4) is 0 Å². The highest BCUT2D eigenvalue weighted by Crippen LogP contribution is 2.24. The van der Waals surface area contributed by atoms with Gasteiger partial charge in [-0.3, -0.25) is 24.6 Å². The fourth-order valence-corrected chi connectivity index (χ4v) is 2.91. The first-order chi connectivity index (χ1) is 13.0. The van der Waals surface area contributed by atoms with Gasteiger partial charge < -0.3 is 0 Å². The van der Waals surface area contributed by atoms with Crippen molar-refractivity contribution in [1.82, 2.24) is 19.7 Å². The molecule has 2 amide bonds. The first-order valence-corrected chi connectivity index (χ1v) is 8.07. The Hall–Kier alpha value is -3.88. The molecule has 1 aromatic heterocycles. The van der Waals surface area contributed by atoms with E-state index in [9.17, 15) is 19.7 Å². The molecule has 0 aliphatic carbocycles. The smallest absolute Gasteiger partial charge is 0.269 e. The minimum atomic E-state index is -0.483. The van der Waals surface area contributed by atoms with Crippen LogP contribution in [0.15, 0.2) is 48.5 Å². The summed E-state index contributed by atoms with van der Waals surface area (Å²) in [6.45, 7) is 1.65. The number of nitrogens with zero attached hydrogens (tertiary/aromatic N) is 5. The van der Waals surface area contributed by atoms with E-state index in [4.69, 9.17) is 0 Å². The molecular weight excluding hydrogens is 350 g/mol. The highest BCUT2D eigenvalue weighted by atomic mass is 16.6. The summed E-state index contributed by atoms with van der Waals surface area (Å²) >= 11 is 0. The Morgan fingerprint density at radius 3 is 2.15 bits per heavy atom. The van der Waals surface area contributed by atoms with E-state index in [1.807, 2.05) is 0 Å². The van der Waals surface area contributed by atoms with Crippen molar-refractivity contribution in [2.75, 3.05) is 0 Å². The third kappa shape index (κ3) is 2.74. The second-order valence-corrected chi connectivity index (χ2v) is 6.01. The van der Waals surface area contributed by atoms with Crippen LogP contribution in [0.1, 0.15) is 26.5 Å². The topological polar surface area (TPSA) is 111 Å². The molecule has 0 bridgehead atoms. The zero-order valence-corrected chi connectivity index (χ0v) is 14.2. The lowest BCUT2D eigenvalue weighted by Gasteiger charge is -2.14. The number of carbonyl (C=O) groups is 2. The van der Waals surface area contributed by atoms with E-state index in [-0.39, 0.29) is 24.2 Å². The zero-order chi connectivity index (χ0) is 19.1. The van der Waals surface area contributed by atoms with Crippen molar-refractivity contribution in [3.05, 3.63) is 75.6 Å². The van der Waals surface area contributed by atoms with E-state index in [1.54, 1.807) is 43.3 Å². The number of amides is 2. The van der Waals surface area contributed by atoms with Crippen molar-refractivity contribution in [1.29, 1.82) is 0 Å². The summed E-state index contributed by atoms with van der Waals surface area (Å²) in [5.41, 5.74) is 1.32. The van der Waals surface area contributed by atoms with Gasteiger partial charge in [0.15, 0.2) is 5.82 Å². The van der Waals surface area contributed by atoms with E-state index in [0.717, 1.165) is 4.90 Å². The van der Waals surface area contributed by atoms with Crippen molar-refractivity contribution in [3.8, 4) is 11.4 Å². The molecule has 0 unspecified atom stereocenters. The Morgan fingerprint density at radius 1 is 1.00 bits per heavy atom. The summed E-state index contributed by atoms with van der Waals surface area (Å²) in [6.07, 6.45) is 0. The third-order valence-corrected chi connectivity index (χ3v) is 4.35. The van der Waals surface area contributed by atoms with Crippen LogP contribution in [0.4, 0.5) is 5.69 Å². The molecule has 3 aromatic rings. The van der Waals surface area contributed by atoms with Crippen molar-refractivity contribution in [2.45, 2.75) is 13.6 Å². The first-order valence-electron chi connectivity index (χ1n) is 8.07. The van der Waals surface area contributed by atoms with Crippen LogP contribution in [-0.2, 0) is 6.67 Å². The van der Waals surface area contributed by atoms with Crippen molar-refractivity contribution < 1.29 is 14.5 Å². The fourth-order valence-electron chi connectivity index (χ4n) is 2.91. The molecule has 4 rings (SSSR count). The van der Waals surface area contributed by atoms with Crippen LogP contribution >= 0.6 is 0 Å². The second kappa shape index (κ2) is 6.13. The van der Waals surface area contributed by atoms with E-state index >= 15 is 0 Å². The SMILES string of the molecule is Cc1nc(-c2ccc([N+](=O)[O-])cc2)nn1CN1C(=O)c2ccccc2C1=O. The Kier molecular flexibility index (Phi) is 3.76. The lowest BCUT2D eigenvalue weighted by Crippen LogP contribution is -2.32. The maximum atomic E-state index is 12.5. The highest BCUT2D eigenvalue weighted by Gasteiger charge is 2.35. The summed E-state index contributed by atoms with van der Waals surface area (Å²) < 4.78 is 1.46. The monoisotopic (exact) mass is 363 g/mol. The van der Waals surface area contributed by atoms with Crippen LogP contribution in [0.5, 0.6) is 0 Å². The third-order valence-electron chi connectivity index (χ3n) is 4.35. The van der Waals surface area contributed by atoms with Crippen LogP contribution in [0, 0.1) is 17.0 Å². The second-order valence-electron chi connectivity index (χ2n) is 6.01. The van der Waals surface area contributed by atoms with Crippen molar-refractivity contribution in [3.63, 3.8) is 0 Å². The van der Waals surface area contributed by atoms with Gasteiger partial charge in [0, 0.05) is 17.7 Å². The number of aromatic nitrogens is 3. The minimum Gasteiger partial charge on any atom is -0.269 e. The molecule has 0 N–H and O–H groups in total. The molecule has 2 aromatic carbocycles. The van der Waals surface area contributed by atoms with Crippen LogP contribution < -0.4 is 0 Å². The van der Waals surface area contributed by atoms with Gasteiger partial charge in [0.1, 0.15) is 12.5 Å². The molecule has 9 heteroatoms. The van der Waals surface area contributed by atoms with Crippen LogP contribution in [-0.4, -0.2) is 36.4 Å². The van der Waals surface area contributed by atoms with Crippen molar-refractivity contribution >= 4 is 17.5 Å². The number of rotatable bonds is 4. The largest absolute Gasteiger partial charge is 0.269 e. The molecular formula is C18H13N5O4. The van der Waals surface area contributed by atoms with Gasteiger partial charge >= 0.3 is 0 Å².